The second-order valence-electron chi connectivity index (χ2n) is 5.80. The van der Waals surface area contributed by atoms with Gasteiger partial charge < -0.3 is 10.2 Å². The smallest absolute Gasteiger partial charge is 0.257 e. The zero-order valence-electron chi connectivity index (χ0n) is 12.5. The van der Waals surface area contributed by atoms with Crippen molar-refractivity contribution >= 4 is 21.8 Å². The van der Waals surface area contributed by atoms with E-state index in [1.54, 1.807) is 23.1 Å². The Hall–Kier alpha value is -0.940. The summed E-state index contributed by atoms with van der Waals surface area (Å²) >= 11 is 3.14. The minimum atomic E-state index is -0.482. The number of benzene rings is 1. The van der Waals surface area contributed by atoms with Gasteiger partial charge in [-0.3, -0.25) is 4.79 Å². The molecule has 21 heavy (non-hydrogen) atoms. The van der Waals surface area contributed by atoms with Crippen LogP contribution in [0.2, 0.25) is 0 Å². The zero-order chi connectivity index (χ0) is 15.4. The predicted octanol–water partition coefficient (Wildman–Crippen LogP) is 3.58. The van der Waals surface area contributed by atoms with Crippen molar-refractivity contribution in [2.24, 2.45) is 0 Å². The van der Waals surface area contributed by atoms with Gasteiger partial charge in [-0.25, -0.2) is 4.39 Å². The molecule has 0 aliphatic carbocycles. The largest absolute Gasteiger partial charge is 0.335 e. The number of hydrogen-bond acceptors (Lipinski definition) is 2. The fourth-order valence-electron chi connectivity index (χ4n) is 2.67. The molecule has 1 aliphatic heterocycles. The molecule has 0 aromatic heterocycles. The van der Waals surface area contributed by atoms with Gasteiger partial charge in [-0.1, -0.05) is 12.5 Å². The van der Waals surface area contributed by atoms with Crippen LogP contribution in [0.1, 0.15) is 43.5 Å². The van der Waals surface area contributed by atoms with E-state index in [1.807, 2.05) is 13.8 Å². The highest BCUT2D eigenvalue weighted by Gasteiger charge is 2.26. The summed E-state index contributed by atoms with van der Waals surface area (Å²) in [5.41, 5.74) is 0.133. The molecular formula is C16H22BrFN2O. The van der Waals surface area contributed by atoms with Crippen molar-refractivity contribution in [3.05, 3.63) is 34.1 Å². The Balaban J connectivity index is 2.17. The van der Waals surface area contributed by atoms with Crippen LogP contribution in [0.25, 0.3) is 0 Å². The maximum Gasteiger partial charge on any atom is 0.257 e. The number of hydrogen-bond donors (Lipinski definition) is 1. The van der Waals surface area contributed by atoms with E-state index in [1.165, 1.54) is 12.8 Å². The molecule has 1 saturated heterocycles. The van der Waals surface area contributed by atoms with Gasteiger partial charge in [0.2, 0.25) is 0 Å². The molecule has 3 nitrogen and oxygen atoms in total. The molecular weight excluding hydrogens is 335 g/mol. The first kappa shape index (κ1) is 16.4. The van der Waals surface area contributed by atoms with Crippen LogP contribution in [0.4, 0.5) is 4.39 Å². The zero-order valence-corrected chi connectivity index (χ0v) is 14.1. The molecule has 1 aliphatic rings. The summed E-state index contributed by atoms with van der Waals surface area (Å²) in [6.07, 6.45) is 3.44. The lowest BCUT2D eigenvalue weighted by atomic mass is 10.0. The molecule has 1 amide bonds. The fraction of sp³-hybridized carbons (Fsp3) is 0.562. The molecule has 0 bridgehead atoms. The lowest BCUT2D eigenvalue weighted by Gasteiger charge is -2.33. The highest BCUT2D eigenvalue weighted by atomic mass is 79.9. The second-order valence-corrected chi connectivity index (χ2v) is 6.65. The average molecular weight is 357 g/mol. The number of nitrogens with zero attached hydrogens (tertiary/aromatic N) is 1. The summed E-state index contributed by atoms with van der Waals surface area (Å²) < 4.78 is 14.5. The Morgan fingerprint density at radius 3 is 2.86 bits per heavy atom. The molecule has 0 radical (unpaired) electrons. The Kier molecular flexibility index (Phi) is 5.76. The van der Waals surface area contributed by atoms with E-state index in [-0.39, 0.29) is 17.5 Å². The first-order valence-corrected chi connectivity index (χ1v) is 8.28. The maximum atomic E-state index is 14.1. The molecule has 2 rings (SSSR count). The van der Waals surface area contributed by atoms with Gasteiger partial charge in [-0.2, -0.15) is 0 Å². The molecule has 5 heteroatoms. The van der Waals surface area contributed by atoms with Gasteiger partial charge in [0.25, 0.3) is 5.91 Å². The van der Waals surface area contributed by atoms with Gasteiger partial charge in [0.15, 0.2) is 0 Å². The third-order valence-corrected chi connectivity index (χ3v) is 4.51. The minimum Gasteiger partial charge on any atom is -0.335 e. The Morgan fingerprint density at radius 1 is 1.48 bits per heavy atom. The lowest BCUT2D eigenvalue weighted by molar-refractivity contribution is 0.0672. The molecule has 1 atom stereocenters. The van der Waals surface area contributed by atoms with Crippen LogP contribution in [-0.2, 0) is 0 Å². The van der Waals surface area contributed by atoms with Crippen LogP contribution in [0, 0.1) is 5.82 Å². The summed E-state index contributed by atoms with van der Waals surface area (Å²) in [6, 6.07) is 5.19. The quantitative estimate of drug-likeness (QED) is 0.893. The molecule has 1 unspecified atom stereocenters. The van der Waals surface area contributed by atoms with Gasteiger partial charge in [0.05, 0.1) is 10.0 Å². The summed E-state index contributed by atoms with van der Waals surface area (Å²) in [5, 5.41) is 3.44. The number of rotatable bonds is 4. The lowest BCUT2D eigenvalue weighted by Crippen LogP contribution is -2.48. The molecule has 1 aromatic rings. The molecule has 116 valence electrons. The van der Waals surface area contributed by atoms with E-state index in [2.05, 4.69) is 21.2 Å². The Morgan fingerprint density at radius 2 is 2.24 bits per heavy atom. The van der Waals surface area contributed by atoms with Crippen molar-refractivity contribution < 1.29 is 9.18 Å². The summed E-state index contributed by atoms with van der Waals surface area (Å²) in [5.74, 6) is -0.721. The van der Waals surface area contributed by atoms with Crippen molar-refractivity contribution in [1.82, 2.24) is 10.2 Å². The summed E-state index contributed by atoms with van der Waals surface area (Å²) in [6.45, 7) is 5.56. The van der Waals surface area contributed by atoms with Crippen molar-refractivity contribution in [3.8, 4) is 0 Å². The average Bonchev–Trinajstić information content (AvgIpc) is 2.48. The SMILES string of the molecule is CC(C)N(CC1CCCCN1)C(=O)c1cccc(Br)c1F. The second kappa shape index (κ2) is 7.36. The number of amides is 1. The summed E-state index contributed by atoms with van der Waals surface area (Å²) in [4.78, 5) is 14.4. The molecule has 0 saturated carbocycles. The molecule has 0 spiro atoms. The predicted molar refractivity (Wildman–Crippen MR) is 85.9 cm³/mol. The van der Waals surface area contributed by atoms with E-state index in [0.717, 1.165) is 13.0 Å². The van der Waals surface area contributed by atoms with Crippen molar-refractivity contribution in [2.75, 3.05) is 13.1 Å². The Bertz CT molecular complexity index is 501. The highest BCUT2D eigenvalue weighted by molar-refractivity contribution is 9.10. The molecule has 1 aromatic carbocycles. The molecule has 1 fully saturated rings. The first-order chi connectivity index (χ1) is 10.0. The Labute approximate surface area is 134 Å². The van der Waals surface area contributed by atoms with E-state index in [0.29, 0.717) is 17.1 Å². The van der Waals surface area contributed by atoms with Crippen LogP contribution < -0.4 is 5.32 Å². The number of nitrogens with one attached hydrogen (secondary N) is 1. The van der Waals surface area contributed by atoms with Gasteiger partial charge in [-0.05, 0) is 61.3 Å². The van der Waals surface area contributed by atoms with Crippen LogP contribution in [0.5, 0.6) is 0 Å². The highest BCUT2D eigenvalue weighted by Crippen LogP contribution is 2.21. The number of carbonyl (C=O) groups excluding carboxylic acids is 1. The number of piperidine rings is 1. The third-order valence-electron chi connectivity index (χ3n) is 3.90. The number of carbonyl (C=O) groups is 1. The normalized spacial score (nSPS) is 18.8. The molecule has 1 heterocycles. The van der Waals surface area contributed by atoms with E-state index in [9.17, 15) is 9.18 Å². The minimum absolute atomic E-state index is 0.0413. The van der Waals surface area contributed by atoms with Crippen LogP contribution in [0.15, 0.2) is 22.7 Å². The van der Waals surface area contributed by atoms with Crippen molar-refractivity contribution in [2.45, 2.75) is 45.2 Å². The molecule has 1 N–H and O–H groups in total. The maximum absolute atomic E-state index is 14.1. The van der Waals surface area contributed by atoms with E-state index < -0.39 is 5.82 Å². The van der Waals surface area contributed by atoms with Gasteiger partial charge >= 0.3 is 0 Å². The third kappa shape index (κ3) is 4.04. The van der Waals surface area contributed by atoms with Gasteiger partial charge in [0, 0.05) is 18.6 Å². The van der Waals surface area contributed by atoms with Crippen LogP contribution >= 0.6 is 15.9 Å². The van der Waals surface area contributed by atoms with E-state index >= 15 is 0 Å². The monoisotopic (exact) mass is 356 g/mol. The standard InChI is InChI=1S/C16H22BrFN2O/c1-11(2)20(10-12-6-3-4-9-19-12)16(21)13-7-5-8-14(17)15(13)18/h5,7-8,11-12,19H,3-4,6,9-10H2,1-2H3. The van der Waals surface area contributed by atoms with Crippen molar-refractivity contribution in [3.63, 3.8) is 0 Å². The summed E-state index contributed by atoms with van der Waals surface area (Å²) in [7, 11) is 0. The number of halogens is 2. The van der Waals surface area contributed by atoms with Crippen molar-refractivity contribution in [1.29, 1.82) is 0 Å². The fourth-order valence-corrected chi connectivity index (χ4v) is 3.04. The van der Waals surface area contributed by atoms with E-state index in [4.69, 9.17) is 0 Å². The van der Waals surface area contributed by atoms with Crippen LogP contribution in [-0.4, -0.2) is 36.0 Å². The van der Waals surface area contributed by atoms with Crippen LogP contribution in [0.3, 0.4) is 0 Å². The van der Waals surface area contributed by atoms with Gasteiger partial charge in [0.1, 0.15) is 5.82 Å². The van der Waals surface area contributed by atoms with Gasteiger partial charge in [-0.15, -0.1) is 0 Å². The first-order valence-electron chi connectivity index (χ1n) is 7.49. The topological polar surface area (TPSA) is 32.3 Å².